The van der Waals surface area contributed by atoms with Crippen LogP contribution in [0.5, 0.6) is 5.75 Å². The summed E-state index contributed by atoms with van der Waals surface area (Å²) >= 11 is 0. The Labute approximate surface area is 109 Å². The van der Waals surface area contributed by atoms with Crippen molar-refractivity contribution in [3.63, 3.8) is 0 Å². The van der Waals surface area contributed by atoms with Crippen molar-refractivity contribution in [2.24, 2.45) is 0 Å². The first-order chi connectivity index (χ1) is 8.97. The van der Waals surface area contributed by atoms with Crippen LogP contribution in [0.4, 0.5) is 12.9 Å². The molecule has 0 fully saturated rings. The van der Waals surface area contributed by atoms with Crippen molar-refractivity contribution in [2.75, 3.05) is 0 Å². The highest BCUT2D eigenvalue weighted by atomic mass is 19.4. The molecular weight excluding hydrogens is 254 g/mol. The SMILES string of the molecule is Cc1ccccc1COc1cncc([B-](F)(F)F)c1. The Morgan fingerprint density at radius 2 is 1.89 bits per heavy atom. The third-order valence-electron chi connectivity index (χ3n) is 2.77. The normalized spacial score (nSPS) is 11.4. The zero-order chi connectivity index (χ0) is 13.9. The van der Waals surface area contributed by atoms with Gasteiger partial charge in [-0.25, -0.2) is 0 Å². The molecule has 6 heteroatoms. The van der Waals surface area contributed by atoms with Crippen LogP contribution in [0, 0.1) is 6.92 Å². The number of ether oxygens (including phenoxy) is 1. The molecule has 1 heterocycles. The van der Waals surface area contributed by atoms with Crippen LogP contribution >= 0.6 is 0 Å². The topological polar surface area (TPSA) is 22.1 Å². The predicted octanol–water partition coefficient (Wildman–Crippen LogP) is 3.02. The minimum absolute atomic E-state index is 0.125. The second-order valence-corrected chi connectivity index (χ2v) is 4.24. The lowest BCUT2D eigenvalue weighted by Gasteiger charge is -2.15. The molecular formula is C13H12BF3NO-. The van der Waals surface area contributed by atoms with E-state index in [0.29, 0.717) is 0 Å². The van der Waals surface area contributed by atoms with Gasteiger partial charge in [-0.2, -0.15) is 0 Å². The second kappa shape index (κ2) is 5.34. The van der Waals surface area contributed by atoms with Gasteiger partial charge in [0.2, 0.25) is 0 Å². The van der Waals surface area contributed by atoms with E-state index in [1.165, 1.54) is 6.20 Å². The first-order valence-electron chi connectivity index (χ1n) is 5.79. The van der Waals surface area contributed by atoms with E-state index < -0.39 is 12.4 Å². The molecule has 0 aliphatic heterocycles. The first-order valence-corrected chi connectivity index (χ1v) is 5.79. The summed E-state index contributed by atoms with van der Waals surface area (Å²) in [5.74, 6) is 0.125. The van der Waals surface area contributed by atoms with Gasteiger partial charge in [-0.05, 0) is 24.1 Å². The van der Waals surface area contributed by atoms with Gasteiger partial charge in [0, 0.05) is 6.20 Å². The molecule has 0 amide bonds. The maximum atomic E-state index is 12.6. The summed E-state index contributed by atoms with van der Waals surface area (Å²) in [5.41, 5.74) is 1.22. The van der Waals surface area contributed by atoms with Crippen molar-refractivity contribution in [1.82, 2.24) is 4.98 Å². The average Bonchev–Trinajstić information content (AvgIpc) is 2.37. The fourth-order valence-corrected chi connectivity index (χ4v) is 1.63. The molecule has 0 bridgehead atoms. The lowest BCUT2D eigenvalue weighted by Crippen LogP contribution is -2.34. The number of benzene rings is 1. The van der Waals surface area contributed by atoms with E-state index in [-0.39, 0.29) is 12.4 Å². The minimum atomic E-state index is -5.05. The van der Waals surface area contributed by atoms with Crippen LogP contribution < -0.4 is 10.2 Å². The minimum Gasteiger partial charge on any atom is -0.487 e. The highest BCUT2D eigenvalue weighted by Gasteiger charge is 2.26. The van der Waals surface area contributed by atoms with E-state index in [1.807, 2.05) is 31.2 Å². The smallest absolute Gasteiger partial charge is 0.487 e. The Balaban J connectivity index is 2.10. The Bertz CT molecular complexity index is 572. The molecule has 19 heavy (non-hydrogen) atoms. The number of hydrogen-bond donors (Lipinski definition) is 0. The van der Waals surface area contributed by atoms with Crippen LogP contribution in [0.25, 0.3) is 0 Å². The van der Waals surface area contributed by atoms with Crippen molar-refractivity contribution in [3.05, 3.63) is 53.9 Å². The maximum Gasteiger partial charge on any atom is 0.511 e. The van der Waals surface area contributed by atoms with E-state index in [4.69, 9.17) is 4.74 Å². The summed E-state index contributed by atoms with van der Waals surface area (Å²) in [5, 5.41) is 0. The number of pyridine rings is 1. The number of aryl methyl sites for hydroxylation is 1. The van der Waals surface area contributed by atoms with Crippen molar-refractivity contribution in [3.8, 4) is 5.75 Å². The fraction of sp³-hybridized carbons (Fsp3) is 0.154. The number of rotatable bonds is 4. The van der Waals surface area contributed by atoms with Crippen molar-refractivity contribution >= 4 is 12.4 Å². The monoisotopic (exact) mass is 266 g/mol. The average molecular weight is 266 g/mol. The number of aromatic nitrogens is 1. The molecule has 0 spiro atoms. The van der Waals surface area contributed by atoms with Gasteiger partial charge in [0.05, 0.1) is 6.20 Å². The third kappa shape index (κ3) is 3.50. The van der Waals surface area contributed by atoms with Crippen LogP contribution in [-0.4, -0.2) is 12.0 Å². The lowest BCUT2D eigenvalue weighted by molar-refractivity contribution is 0.304. The molecule has 0 unspecified atom stereocenters. The van der Waals surface area contributed by atoms with Gasteiger partial charge in [0.15, 0.2) is 0 Å². The van der Waals surface area contributed by atoms with Gasteiger partial charge in [0.25, 0.3) is 0 Å². The molecule has 1 aromatic carbocycles. The number of hydrogen-bond acceptors (Lipinski definition) is 2. The van der Waals surface area contributed by atoms with Gasteiger partial charge in [-0.1, -0.05) is 29.7 Å². The van der Waals surface area contributed by atoms with E-state index >= 15 is 0 Å². The molecule has 0 N–H and O–H groups in total. The highest BCUT2D eigenvalue weighted by molar-refractivity contribution is 6.73. The van der Waals surface area contributed by atoms with Crippen molar-refractivity contribution in [2.45, 2.75) is 13.5 Å². The van der Waals surface area contributed by atoms with Gasteiger partial charge in [-0.15, -0.1) is 0 Å². The summed E-state index contributed by atoms with van der Waals surface area (Å²) < 4.78 is 43.0. The molecule has 0 saturated carbocycles. The zero-order valence-corrected chi connectivity index (χ0v) is 10.3. The van der Waals surface area contributed by atoms with Crippen molar-refractivity contribution in [1.29, 1.82) is 0 Å². The number of halogens is 3. The van der Waals surface area contributed by atoms with Gasteiger partial charge in [0.1, 0.15) is 12.4 Å². The maximum absolute atomic E-state index is 12.6. The van der Waals surface area contributed by atoms with Crippen LogP contribution in [0.1, 0.15) is 11.1 Å². The molecule has 2 nitrogen and oxygen atoms in total. The molecule has 0 radical (unpaired) electrons. The molecule has 0 aliphatic rings. The predicted molar refractivity (Wildman–Crippen MR) is 68.5 cm³/mol. The molecule has 0 atom stereocenters. The largest absolute Gasteiger partial charge is 0.511 e. The van der Waals surface area contributed by atoms with Gasteiger partial charge in [-0.3, -0.25) is 4.98 Å². The van der Waals surface area contributed by atoms with Crippen LogP contribution in [0.2, 0.25) is 0 Å². The van der Waals surface area contributed by atoms with Gasteiger partial charge >= 0.3 is 6.98 Å². The highest BCUT2D eigenvalue weighted by Crippen LogP contribution is 2.15. The quantitative estimate of drug-likeness (QED) is 0.793. The van der Waals surface area contributed by atoms with Crippen LogP contribution in [0.15, 0.2) is 42.7 Å². The summed E-state index contributed by atoms with van der Waals surface area (Å²) in [6.07, 6.45) is 2.09. The van der Waals surface area contributed by atoms with E-state index in [1.54, 1.807) is 0 Å². The molecule has 1 aromatic heterocycles. The fourth-order valence-electron chi connectivity index (χ4n) is 1.63. The summed E-state index contributed by atoms with van der Waals surface area (Å²) in [4.78, 5) is 3.56. The van der Waals surface area contributed by atoms with E-state index in [2.05, 4.69) is 4.98 Å². The molecule has 0 aliphatic carbocycles. The molecule has 0 saturated heterocycles. The third-order valence-corrected chi connectivity index (χ3v) is 2.77. The molecule has 2 aromatic rings. The Hall–Kier alpha value is -1.98. The Morgan fingerprint density at radius 1 is 1.16 bits per heavy atom. The Kier molecular flexibility index (Phi) is 3.78. The summed E-state index contributed by atoms with van der Waals surface area (Å²) in [6.45, 7) is -2.90. The molecule has 100 valence electrons. The van der Waals surface area contributed by atoms with Gasteiger partial charge < -0.3 is 17.7 Å². The second-order valence-electron chi connectivity index (χ2n) is 4.24. The van der Waals surface area contributed by atoms with Crippen LogP contribution in [0.3, 0.4) is 0 Å². The lowest BCUT2D eigenvalue weighted by atomic mass is 9.81. The zero-order valence-electron chi connectivity index (χ0n) is 10.3. The molecule has 2 rings (SSSR count). The van der Waals surface area contributed by atoms with Crippen LogP contribution in [-0.2, 0) is 6.61 Å². The summed E-state index contributed by atoms with van der Waals surface area (Å²) in [6, 6.07) is 8.53. The first kappa shape index (κ1) is 13.5. The number of nitrogens with zero attached hydrogens (tertiary/aromatic N) is 1. The van der Waals surface area contributed by atoms with E-state index in [0.717, 1.165) is 23.4 Å². The van der Waals surface area contributed by atoms with Crippen molar-refractivity contribution < 1.29 is 17.7 Å². The van der Waals surface area contributed by atoms with E-state index in [9.17, 15) is 12.9 Å². The Morgan fingerprint density at radius 3 is 2.58 bits per heavy atom. The summed E-state index contributed by atoms with van der Waals surface area (Å²) in [7, 11) is 0. The standard InChI is InChI=1S/C13H12BF3NO/c1-10-4-2-3-5-11(10)9-19-13-6-12(7-18-8-13)14(15,16)17/h2-8H,9H2,1H3/q-1.